The van der Waals surface area contributed by atoms with Crippen molar-refractivity contribution in [2.75, 3.05) is 5.73 Å². The normalized spacial score (nSPS) is 11.4. The number of nitrogens with zero attached hydrogens (tertiary/aromatic N) is 2. The van der Waals surface area contributed by atoms with Gasteiger partial charge < -0.3 is 5.73 Å². The number of hydrogen-bond acceptors (Lipinski definition) is 6. The van der Waals surface area contributed by atoms with Crippen molar-refractivity contribution in [2.24, 2.45) is 5.10 Å². The van der Waals surface area contributed by atoms with Gasteiger partial charge in [-0.15, -0.1) is 22.7 Å². The molecule has 0 spiro atoms. The number of nitrogens with one attached hydrogen (secondary N) is 1. The first kappa shape index (κ1) is 22.7. The molecule has 3 aromatic heterocycles. The predicted molar refractivity (Wildman–Crippen MR) is 147 cm³/mol. The summed E-state index contributed by atoms with van der Waals surface area (Å²) < 4.78 is 0.971. The quantitative estimate of drug-likeness (QED) is 0.171. The Bertz CT molecular complexity index is 1510. The fourth-order valence-corrected chi connectivity index (χ4v) is 5.60. The van der Waals surface area contributed by atoms with E-state index in [0.29, 0.717) is 20.4 Å². The summed E-state index contributed by atoms with van der Waals surface area (Å²) in [5.41, 5.74) is 13.0. The number of carbonyl (C=O) groups is 1. The van der Waals surface area contributed by atoms with Crippen LogP contribution in [0.4, 0.5) is 5.69 Å². The second-order valence-corrected chi connectivity index (χ2v) is 10.6. The number of nitrogen functional groups attached to an aromatic ring is 1. The van der Waals surface area contributed by atoms with E-state index in [1.807, 2.05) is 72.1 Å². The number of carbonyl (C=O) groups excluding carboxylic acids is 1. The molecule has 34 heavy (non-hydrogen) atoms. The summed E-state index contributed by atoms with van der Waals surface area (Å²) in [4.78, 5) is 19.9. The van der Waals surface area contributed by atoms with Gasteiger partial charge in [0.15, 0.2) is 0 Å². The molecule has 2 aromatic carbocycles. The molecular formula is C25H16BrClN4OS2. The first-order chi connectivity index (χ1) is 16.5. The van der Waals surface area contributed by atoms with E-state index in [1.54, 1.807) is 17.6 Å². The van der Waals surface area contributed by atoms with Gasteiger partial charge in [-0.1, -0.05) is 57.9 Å². The summed E-state index contributed by atoms with van der Waals surface area (Å²) >= 11 is 12.3. The molecule has 0 radical (unpaired) electrons. The maximum absolute atomic E-state index is 12.9. The fourth-order valence-electron chi connectivity index (χ4n) is 3.45. The molecule has 0 aliphatic rings. The molecule has 0 bridgehead atoms. The Balaban J connectivity index is 1.54. The zero-order valence-corrected chi connectivity index (χ0v) is 21.4. The topological polar surface area (TPSA) is 80.4 Å². The molecule has 1 amide bonds. The molecule has 0 unspecified atom stereocenters. The second kappa shape index (κ2) is 9.68. The van der Waals surface area contributed by atoms with Crippen LogP contribution in [0.25, 0.3) is 31.9 Å². The van der Waals surface area contributed by atoms with Crippen molar-refractivity contribution in [2.45, 2.75) is 0 Å². The van der Waals surface area contributed by atoms with Gasteiger partial charge in [0.05, 0.1) is 17.6 Å². The Morgan fingerprint density at radius 2 is 1.88 bits per heavy atom. The van der Waals surface area contributed by atoms with Crippen molar-refractivity contribution in [3.05, 3.63) is 92.0 Å². The molecular weight excluding hydrogens is 552 g/mol. The standard InChI is InChI=1S/C25H16BrClN4OS2/c26-16-7-3-14(4-8-16)13-29-31-24(32)23-22(28)21-18(20-2-1-11-33-20)12-19(30-25(21)34-23)15-5-9-17(27)10-6-15/h1-13H,28H2,(H,31,32)/b29-13+. The van der Waals surface area contributed by atoms with Crippen LogP contribution in [0, 0.1) is 0 Å². The number of aromatic nitrogens is 1. The number of rotatable bonds is 5. The zero-order chi connectivity index (χ0) is 23.7. The Morgan fingerprint density at radius 3 is 2.59 bits per heavy atom. The minimum Gasteiger partial charge on any atom is -0.397 e. The van der Waals surface area contributed by atoms with Gasteiger partial charge in [0.25, 0.3) is 5.91 Å². The minimum atomic E-state index is -0.376. The molecule has 5 nitrogen and oxygen atoms in total. The number of hydrazone groups is 1. The predicted octanol–water partition coefficient (Wildman–Crippen LogP) is 7.45. The van der Waals surface area contributed by atoms with Gasteiger partial charge in [0, 0.05) is 30.9 Å². The number of hydrogen-bond donors (Lipinski definition) is 2. The molecule has 0 aliphatic heterocycles. The van der Waals surface area contributed by atoms with E-state index in [-0.39, 0.29) is 5.91 Å². The fraction of sp³-hybridized carbons (Fsp3) is 0. The van der Waals surface area contributed by atoms with E-state index < -0.39 is 0 Å². The van der Waals surface area contributed by atoms with Crippen molar-refractivity contribution < 1.29 is 4.79 Å². The lowest BCUT2D eigenvalue weighted by molar-refractivity contribution is 0.0960. The number of fused-ring (bicyclic) bond motifs is 1. The van der Waals surface area contributed by atoms with Gasteiger partial charge in [-0.25, -0.2) is 10.4 Å². The van der Waals surface area contributed by atoms with Crippen molar-refractivity contribution in [1.29, 1.82) is 0 Å². The van der Waals surface area contributed by atoms with Crippen LogP contribution in [0.2, 0.25) is 5.02 Å². The summed E-state index contributed by atoms with van der Waals surface area (Å²) in [6.45, 7) is 0. The average molecular weight is 568 g/mol. The van der Waals surface area contributed by atoms with Crippen LogP contribution in [-0.4, -0.2) is 17.1 Å². The number of benzene rings is 2. The number of amides is 1. The lowest BCUT2D eigenvalue weighted by atomic mass is 10.0. The molecule has 0 saturated heterocycles. The van der Waals surface area contributed by atoms with Gasteiger partial charge in [0.1, 0.15) is 9.71 Å². The van der Waals surface area contributed by atoms with Crippen LogP contribution in [0.5, 0.6) is 0 Å². The van der Waals surface area contributed by atoms with Gasteiger partial charge in [-0.05, 0) is 47.3 Å². The molecule has 5 rings (SSSR count). The van der Waals surface area contributed by atoms with Crippen LogP contribution < -0.4 is 11.2 Å². The molecule has 0 fully saturated rings. The maximum Gasteiger partial charge on any atom is 0.283 e. The van der Waals surface area contributed by atoms with Crippen LogP contribution in [-0.2, 0) is 0 Å². The highest BCUT2D eigenvalue weighted by Gasteiger charge is 2.22. The molecule has 0 aliphatic carbocycles. The first-order valence-electron chi connectivity index (χ1n) is 10.1. The van der Waals surface area contributed by atoms with Crippen molar-refractivity contribution in [3.63, 3.8) is 0 Å². The van der Waals surface area contributed by atoms with E-state index in [9.17, 15) is 4.79 Å². The second-order valence-electron chi connectivity index (χ2n) is 7.31. The number of anilines is 1. The third kappa shape index (κ3) is 4.63. The smallest absolute Gasteiger partial charge is 0.283 e. The van der Waals surface area contributed by atoms with Crippen LogP contribution in [0.1, 0.15) is 15.2 Å². The molecule has 9 heteroatoms. The summed E-state index contributed by atoms with van der Waals surface area (Å²) in [5, 5.41) is 7.52. The van der Waals surface area contributed by atoms with E-state index >= 15 is 0 Å². The SMILES string of the molecule is Nc1c(C(=O)N/N=C/c2ccc(Br)cc2)sc2nc(-c3ccc(Cl)cc3)cc(-c3cccs3)c12. The lowest BCUT2D eigenvalue weighted by Gasteiger charge is -2.07. The zero-order valence-electron chi connectivity index (χ0n) is 17.5. The minimum absolute atomic E-state index is 0.376. The number of halogens is 2. The van der Waals surface area contributed by atoms with Gasteiger partial charge >= 0.3 is 0 Å². The summed E-state index contributed by atoms with van der Waals surface area (Å²) in [6, 6.07) is 21.1. The average Bonchev–Trinajstić information content (AvgIpc) is 3.49. The number of thiophene rings is 2. The third-order valence-corrected chi connectivity index (χ3v) is 7.86. The highest BCUT2D eigenvalue weighted by Crippen LogP contribution is 2.42. The van der Waals surface area contributed by atoms with Crippen LogP contribution in [0.3, 0.4) is 0 Å². The number of pyridine rings is 1. The molecule has 168 valence electrons. The Kier molecular flexibility index (Phi) is 6.47. The highest BCUT2D eigenvalue weighted by molar-refractivity contribution is 9.10. The van der Waals surface area contributed by atoms with E-state index in [0.717, 1.165) is 37.1 Å². The molecule has 3 N–H and O–H groups in total. The molecule has 5 aromatic rings. The number of nitrogens with two attached hydrogens (primary N) is 1. The third-order valence-electron chi connectivity index (χ3n) is 5.08. The first-order valence-corrected chi connectivity index (χ1v) is 13.0. The monoisotopic (exact) mass is 566 g/mol. The Morgan fingerprint density at radius 1 is 1.12 bits per heavy atom. The Hall–Kier alpha value is -3.04. The highest BCUT2D eigenvalue weighted by atomic mass is 79.9. The molecule has 3 heterocycles. The molecule has 0 atom stereocenters. The largest absolute Gasteiger partial charge is 0.397 e. The Labute approximate surface area is 217 Å². The summed E-state index contributed by atoms with van der Waals surface area (Å²) in [5.74, 6) is -0.376. The summed E-state index contributed by atoms with van der Waals surface area (Å²) in [6.07, 6.45) is 1.59. The van der Waals surface area contributed by atoms with Crippen LogP contribution in [0.15, 0.2) is 81.7 Å². The lowest BCUT2D eigenvalue weighted by Crippen LogP contribution is -2.17. The van der Waals surface area contributed by atoms with E-state index in [4.69, 9.17) is 22.3 Å². The maximum atomic E-state index is 12.9. The van der Waals surface area contributed by atoms with Gasteiger partial charge in [0.2, 0.25) is 0 Å². The van der Waals surface area contributed by atoms with Gasteiger partial charge in [-0.3, -0.25) is 4.79 Å². The van der Waals surface area contributed by atoms with Crippen LogP contribution >= 0.6 is 50.2 Å². The van der Waals surface area contributed by atoms with Crippen molar-refractivity contribution >= 4 is 78.2 Å². The van der Waals surface area contributed by atoms with Gasteiger partial charge in [-0.2, -0.15) is 5.10 Å². The van der Waals surface area contributed by atoms with E-state index in [1.165, 1.54) is 11.3 Å². The summed E-state index contributed by atoms with van der Waals surface area (Å²) in [7, 11) is 0. The van der Waals surface area contributed by atoms with Crippen molar-refractivity contribution in [1.82, 2.24) is 10.4 Å². The van der Waals surface area contributed by atoms with E-state index in [2.05, 4.69) is 26.5 Å². The van der Waals surface area contributed by atoms with Crippen molar-refractivity contribution in [3.8, 4) is 21.7 Å². The molecule has 0 saturated carbocycles.